The third-order valence-electron chi connectivity index (χ3n) is 3.85. The number of nitrogens with zero attached hydrogens (tertiary/aromatic N) is 1. The van der Waals surface area contributed by atoms with E-state index in [0.29, 0.717) is 6.73 Å². The Kier molecular flexibility index (Phi) is 2.63. The predicted molar refractivity (Wildman–Crippen MR) is 68.2 cm³/mol. The number of carbonyl (C=O) groups excluding carboxylic acids is 1. The maximum atomic E-state index is 11.5. The highest BCUT2D eigenvalue weighted by molar-refractivity contribution is 5.78. The fourth-order valence-corrected chi connectivity index (χ4v) is 2.92. The summed E-state index contributed by atoms with van der Waals surface area (Å²) in [6.07, 6.45) is 0.831. The average molecular weight is 247 g/mol. The number of anilines is 1. The normalized spacial score (nSPS) is 26.5. The van der Waals surface area contributed by atoms with Gasteiger partial charge < -0.3 is 15.8 Å². The van der Waals surface area contributed by atoms with E-state index in [0.717, 1.165) is 30.0 Å². The van der Waals surface area contributed by atoms with Crippen molar-refractivity contribution >= 4 is 11.6 Å². The van der Waals surface area contributed by atoms with E-state index in [4.69, 9.17) is 10.5 Å². The maximum Gasteiger partial charge on any atom is 0.222 e. The Morgan fingerprint density at radius 3 is 3.17 bits per heavy atom. The Morgan fingerprint density at radius 1 is 1.56 bits per heavy atom. The van der Waals surface area contributed by atoms with Gasteiger partial charge >= 0.3 is 0 Å². The fraction of sp³-hybridized carbons (Fsp3) is 0.462. The van der Waals surface area contributed by atoms with E-state index in [9.17, 15) is 4.79 Å². The summed E-state index contributed by atoms with van der Waals surface area (Å²) in [5.41, 5.74) is 7.61. The molecule has 5 nitrogen and oxygen atoms in total. The van der Waals surface area contributed by atoms with Crippen LogP contribution in [0.4, 0.5) is 5.69 Å². The van der Waals surface area contributed by atoms with E-state index in [1.807, 2.05) is 19.2 Å². The van der Waals surface area contributed by atoms with Gasteiger partial charge in [0.25, 0.3) is 0 Å². The maximum absolute atomic E-state index is 11.5. The largest absolute Gasteiger partial charge is 0.471 e. The highest BCUT2D eigenvalue weighted by Crippen LogP contribution is 2.39. The molecule has 2 atom stereocenters. The molecule has 0 spiro atoms. The summed E-state index contributed by atoms with van der Waals surface area (Å²) in [7, 11) is 2.03. The summed E-state index contributed by atoms with van der Waals surface area (Å²) >= 11 is 0. The first kappa shape index (κ1) is 11.3. The zero-order valence-electron chi connectivity index (χ0n) is 10.3. The number of benzene rings is 1. The molecule has 2 heterocycles. The molecule has 5 heteroatoms. The molecular formula is C13H17N3O2. The van der Waals surface area contributed by atoms with E-state index in [-0.39, 0.29) is 17.9 Å². The number of hydrogen-bond acceptors (Lipinski definition) is 4. The minimum absolute atomic E-state index is 0.0789. The Labute approximate surface area is 106 Å². The molecule has 3 N–H and O–H groups in total. The number of fused-ring (bicyclic) bond motifs is 1. The third kappa shape index (κ3) is 1.71. The van der Waals surface area contributed by atoms with Crippen molar-refractivity contribution in [3.05, 3.63) is 23.8 Å². The van der Waals surface area contributed by atoms with Crippen molar-refractivity contribution in [2.75, 3.05) is 25.6 Å². The lowest BCUT2D eigenvalue weighted by Crippen LogP contribution is -2.29. The molecule has 0 saturated carbocycles. The number of ether oxygens (including phenoxy) is 1. The van der Waals surface area contributed by atoms with Crippen LogP contribution in [0.15, 0.2) is 18.2 Å². The van der Waals surface area contributed by atoms with Crippen LogP contribution >= 0.6 is 0 Å². The summed E-state index contributed by atoms with van der Waals surface area (Å²) in [6, 6.07) is 6.11. The fourth-order valence-electron chi connectivity index (χ4n) is 2.92. The second-order valence-electron chi connectivity index (χ2n) is 4.94. The minimum atomic E-state index is -0.214. The van der Waals surface area contributed by atoms with Gasteiger partial charge in [-0.25, -0.2) is 0 Å². The second-order valence-corrected chi connectivity index (χ2v) is 4.94. The van der Waals surface area contributed by atoms with Gasteiger partial charge in [0, 0.05) is 6.04 Å². The number of amides is 1. The van der Waals surface area contributed by atoms with Crippen LogP contribution in [0.1, 0.15) is 18.0 Å². The average Bonchev–Trinajstić information content (AvgIpc) is 2.93. The molecule has 2 aliphatic heterocycles. The molecule has 2 unspecified atom stereocenters. The number of likely N-dealkylation sites (tertiary alicyclic amines) is 1. The van der Waals surface area contributed by atoms with Crippen molar-refractivity contribution in [3.8, 4) is 5.75 Å². The summed E-state index contributed by atoms with van der Waals surface area (Å²) in [6.45, 7) is 1.41. The van der Waals surface area contributed by atoms with Gasteiger partial charge in [-0.1, -0.05) is 6.07 Å². The second kappa shape index (κ2) is 4.17. The Hall–Kier alpha value is -1.75. The molecule has 1 aromatic carbocycles. The molecule has 96 valence electrons. The number of hydrogen-bond donors (Lipinski definition) is 2. The molecule has 2 aliphatic rings. The van der Waals surface area contributed by atoms with Crippen molar-refractivity contribution in [2.24, 2.45) is 11.7 Å². The summed E-state index contributed by atoms with van der Waals surface area (Å²) in [5.74, 6) is 0.555. The monoisotopic (exact) mass is 247 g/mol. The number of nitrogens with two attached hydrogens (primary N) is 1. The molecule has 1 fully saturated rings. The van der Waals surface area contributed by atoms with Gasteiger partial charge in [-0.15, -0.1) is 0 Å². The SMILES string of the molecule is CN1CCC(C(N)=O)C1c1ccc2c(c1)NCO2. The topological polar surface area (TPSA) is 67.6 Å². The van der Waals surface area contributed by atoms with E-state index in [1.165, 1.54) is 0 Å². The summed E-state index contributed by atoms with van der Waals surface area (Å²) in [5, 5.41) is 3.17. The van der Waals surface area contributed by atoms with E-state index in [2.05, 4.69) is 16.3 Å². The van der Waals surface area contributed by atoms with Gasteiger partial charge in [0.1, 0.15) is 5.75 Å². The zero-order valence-corrected chi connectivity index (χ0v) is 10.3. The number of nitrogens with one attached hydrogen (secondary N) is 1. The lowest BCUT2D eigenvalue weighted by Gasteiger charge is -2.24. The van der Waals surface area contributed by atoms with Gasteiger partial charge in [-0.2, -0.15) is 0 Å². The molecular weight excluding hydrogens is 230 g/mol. The van der Waals surface area contributed by atoms with E-state index >= 15 is 0 Å². The molecule has 1 amide bonds. The first-order chi connectivity index (χ1) is 8.66. The lowest BCUT2D eigenvalue weighted by atomic mass is 9.93. The molecule has 0 radical (unpaired) electrons. The van der Waals surface area contributed by atoms with Crippen LogP contribution in [0.25, 0.3) is 0 Å². The van der Waals surface area contributed by atoms with Gasteiger partial charge in [0.05, 0.1) is 11.6 Å². The summed E-state index contributed by atoms with van der Waals surface area (Å²) < 4.78 is 5.40. The third-order valence-corrected chi connectivity index (χ3v) is 3.85. The Balaban J connectivity index is 1.95. The van der Waals surface area contributed by atoms with Crippen LogP contribution in [-0.2, 0) is 4.79 Å². The first-order valence-corrected chi connectivity index (χ1v) is 6.17. The smallest absolute Gasteiger partial charge is 0.222 e. The first-order valence-electron chi connectivity index (χ1n) is 6.17. The predicted octanol–water partition coefficient (Wildman–Crippen LogP) is 0.927. The highest BCUT2D eigenvalue weighted by atomic mass is 16.5. The van der Waals surface area contributed by atoms with Crippen LogP contribution in [0.3, 0.4) is 0 Å². The Bertz CT molecular complexity index is 489. The van der Waals surface area contributed by atoms with Crippen LogP contribution < -0.4 is 15.8 Å². The lowest BCUT2D eigenvalue weighted by molar-refractivity contribution is -0.122. The quantitative estimate of drug-likeness (QED) is 0.815. The molecule has 1 aromatic rings. The number of primary amides is 1. The molecule has 18 heavy (non-hydrogen) atoms. The van der Waals surface area contributed by atoms with Crippen LogP contribution in [-0.4, -0.2) is 31.1 Å². The standard InChI is InChI=1S/C13H17N3O2/c1-16-5-4-9(13(14)17)12(16)8-2-3-11-10(6-8)15-7-18-11/h2-3,6,9,12,15H,4-5,7H2,1H3,(H2,14,17). The number of rotatable bonds is 2. The van der Waals surface area contributed by atoms with Crippen molar-refractivity contribution in [1.82, 2.24) is 4.90 Å². The van der Waals surface area contributed by atoms with Crippen molar-refractivity contribution in [1.29, 1.82) is 0 Å². The molecule has 0 aliphatic carbocycles. The highest BCUT2D eigenvalue weighted by Gasteiger charge is 2.37. The van der Waals surface area contributed by atoms with E-state index in [1.54, 1.807) is 0 Å². The van der Waals surface area contributed by atoms with Crippen molar-refractivity contribution < 1.29 is 9.53 Å². The van der Waals surface area contributed by atoms with Crippen molar-refractivity contribution in [2.45, 2.75) is 12.5 Å². The minimum Gasteiger partial charge on any atom is -0.471 e. The van der Waals surface area contributed by atoms with Gasteiger partial charge in [0.15, 0.2) is 6.73 Å². The molecule has 3 rings (SSSR count). The van der Waals surface area contributed by atoms with Gasteiger partial charge in [-0.3, -0.25) is 9.69 Å². The summed E-state index contributed by atoms with van der Waals surface area (Å²) in [4.78, 5) is 13.7. The Morgan fingerprint density at radius 2 is 2.39 bits per heavy atom. The van der Waals surface area contributed by atoms with Crippen LogP contribution in [0, 0.1) is 5.92 Å². The van der Waals surface area contributed by atoms with Gasteiger partial charge in [-0.05, 0) is 37.7 Å². The molecule has 0 bridgehead atoms. The van der Waals surface area contributed by atoms with E-state index < -0.39 is 0 Å². The van der Waals surface area contributed by atoms with Crippen molar-refractivity contribution in [3.63, 3.8) is 0 Å². The molecule has 0 aromatic heterocycles. The number of carbonyl (C=O) groups is 1. The van der Waals surface area contributed by atoms with Crippen LogP contribution in [0.2, 0.25) is 0 Å². The van der Waals surface area contributed by atoms with Crippen LogP contribution in [0.5, 0.6) is 5.75 Å². The zero-order chi connectivity index (χ0) is 12.7. The molecule has 1 saturated heterocycles. The van der Waals surface area contributed by atoms with Gasteiger partial charge in [0.2, 0.25) is 5.91 Å².